The molecule has 0 saturated carbocycles. The number of sulfone groups is 1. The Balaban J connectivity index is 1.60. The Morgan fingerprint density at radius 2 is 2.11 bits per heavy atom. The zero-order valence-corrected chi connectivity index (χ0v) is 11.7. The van der Waals surface area contributed by atoms with Crippen molar-refractivity contribution in [1.82, 2.24) is 5.43 Å². The average Bonchev–Trinajstić information content (AvgIpc) is 2.83. The smallest absolute Gasteiger partial charge is 0.177 e. The van der Waals surface area contributed by atoms with E-state index in [4.69, 9.17) is 0 Å². The Hall–Kier alpha value is -1.34. The minimum Gasteiger partial charge on any atom is -0.256 e. The van der Waals surface area contributed by atoms with Gasteiger partial charge in [-0.15, -0.1) is 0 Å². The predicted molar refractivity (Wildman–Crippen MR) is 78.4 cm³/mol. The highest BCUT2D eigenvalue weighted by Crippen LogP contribution is 2.33. The molecule has 1 aromatic rings. The molecule has 0 bridgehead atoms. The second-order valence-corrected chi connectivity index (χ2v) is 7.90. The third kappa shape index (κ3) is 2.98. The molecule has 2 aliphatic rings. The first-order chi connectivity index (χ1) is 9.12. The molecule has 0 unspecified atom stereocenters. The van der Waals surface area contributed by atoms with Crippen LogP contribution in [0.3, 0.4) is 0 Å². The predicted octanol–water partition coefficient (Wildman–Crippen LogP) is 0.878. The summed E-state index contributed by atoms with van der Waals surface area (Å²) in [4.78, 5) is 4.35. The lowest BCUT2D eigenvalue weighted by molar-refractivity contribution is 0.601. The summed E-state index contributed by atoms with van der Waals surface area (Å²) in [5.74, 6) is 0.387. The maximum Gasteiger partial charge on any atom is 0.177 e. The fourth-order valence-electron chi connectivity index (χ4n) is 2.11. The standard InChI is InChI=1S/C12H13N3O2S2/c16-19(17)7-10-11(8-19)18-12(14-10)15-13-6-9-4-2-1-3-5-9/h1-6,10-11H,7-8H2,(H,14,15)/b13-6-/t10-,11-/m1/s1. The SMILES string of the molecule is O=S1(=O)C[C@H]2N=C(N/N=C\c3ccccc3)S[C@@H]2C1. The van der Waals surface area contributed by atoms with Crippen LogP contribution in [-0.2, 0) is 9.84 Å². The lowest BCUT2D eigenvalue weighted by atomic mass is 10.2. The summed E-state index contributed by atoms with van der Waals surface area (Å²) in [7, 11) is -2.89. The summed E-state index contributed by atoms with van der Waals surface area (Å²) in [5.41, 5.74) is 3.87. The molecule has 0 aliphatic carbocycles. The number of thioether (sulfide) groups is 1. The van der Waals surface area contributed by atoms with Crippen LogP contribution in [0.5, 0.6) is 0 Å². The number of nitrogens with zero attached hydrogens (tertiary/aromatic N) is 2. The molecule has 100 valence electrons. The lowest BCUT2D eigenvalue weighted by Gasteiger charge is -2.01. The van der Waals surface area contributed by atoms with Gasteiger partial charge < -0.3 is 0 Å². The number of hydrogen-bond donors (Lipinski definition) is 1. The van der Waals surface area contributed by atoms with Gasteiger partial charge in [-0.25, -0.2) is 8.42 Å². The van der Waals surface area contributed by atoms with Crippen LogP contribution >= 0.6 is 11.8 Å². The van der Waals surface area contributed by atoms with Gasteiger partial charge in [-0.3, -0.25) is 10.4 Å². The molecular formula is C12H13N3O2S2. The van der Waals surface area contributed by atoms with Gasteiger partial charge in [-0.05, 0) is 5.56 Å². The highest BCUT2D eigenvalue weighted by atomic mass is 32.2. The number of fused-ring (bicyclic) bond motifs is 1. The van der Waals surface area contributed by atoms with Gasteiger partial charge in [0.05, 0.1) is 23.8 Å². The van der Waals surface area contributed by atoms with E-state index in [1.165, 1.54) is 11.8 Å². The first kappa shape index (κ1) is 12.7. The van der Waals surface area contributed by atoms with Crippen molar-refractivity contribution in [3.05, 3.63) is 35.9 Å². The maximum atomic E-state index is 11.4. The average molecular weight is 295 g/mol. The maximum absolute atomic E-state index is 11.4. The van der Waals surface area contributed by atoms with E-state index in [0.717, 1.165) is 5.56 Å². The zero-order valence-electron chi connectivity index (χ0n) is 10.1. The van der Waals surface area contributed by atoms with Crippen LogP contribution in [0.25, 0.3) is 0 Å². The number of benzene rings is 1. The van der Waals surface area contributed by atoms with Gasteiger partial charge in [0.1, 0.15) is 0 Å². The molecular weight excluding hydrogens is 282 g/mol. The quantitative estimate of drug-likeness (QED) is 0.649. The third-order valence-corrected chi connectivity index (χ3v) is 6.12. The monoisotopic (exact) mass is 295 g/mol. The fraction of sp³-hybridized carbons (Fsp3) is 0.333. The summed E-state index contributed by atoms with van der Waals surface area (Å²) in [6.07, 6.45) is 1.72. The molecule has 1 fully saturated rings. The van der Waals surface area contributed by atoms with E-state index in [1.807, 2.05) is 30.3 Å². The molecule has 2 atom stereocenters. The van der Waals surface area contributed by atoms with E-state index in [0.29, 0.717) is 5.17 Å². The van der Waals surface area contributed by atoms with E-state index in [-0.39, 0.29) is 22.8 Å². The van der Waals surface area contributed by atoms with Crippen molar-refractivity contribution in [3.63, 3.8) is 0 Å². The zero-order chi connectivity index (χ0) is 13.3. The molecule has 19 heavy (non-hydrogen) atoms. The molecule has 1 saturated heterocycles. The van der Waals surface area contributed by atoms with Crippen molar-refractivity contribution in [2.45, 2.75) is 11.3 Å². The molecule has 0 radical (unpaired) electrons. The van der Waals surface area contributed by atoms with Gasteiger partial charge in [0.2, 0.25) is 0 Å². The van der Waals surface area contributed by atoms with Crippen LogP contribution in [0.4, 0.5) is 0 Å². The molecule has 7 heteroatoms. The van der Waals surface area contributed by atoms with Crippen LogP contribution < -0.4 is 5.43 Å². The van der Waals surface area contributed by atoms with Crippen LogP contribution in [0.15, 0.2) is 40.4 Å². The third-order valence-electron chi connectivity index (χ3n) is 2.99. The Morgan fingerprint density at radius 1 is 1.32 bits per heavy atom. The summed E-state index contributed by atoms with van der Waals surface area (Å²) < 4.78 is 22.8. The number of hydrazone groups is 1. The molecule has 1 aromatic carbocycles. The van der Waals surface area contributed by atoms with E-state index in [1.54, 1.807) is 6.21 Å². The van der Waals surface area contributed by atoms with E-state index in [2.05, 4.69) is 15.5 Å². The van der Waals surface area contributed by atoms with Gasteiger partial charge in [0, 0.05) is 5.25 Å². The van der Waals surface area contributed by atoms with E-state index < -0.39 is 9.84 Å². The normalized spacial score (nSPS) is 28.3. The summed E-state index contributed by atoms with van der Waals surface area (Å²) in [6, 6.07) is 9.64. The molecule has 0 amide bonds. The second kappa shape index (κ2) is 4.97. The second-order valence-electron chi connectivity index (χ2n) is 4.52. The highest BCUT2D eigenvalue weighted by Gasteiger charge is 2.42. The van der Waals surface area contributed by atoms with Crippen LogP contribution in [0, 0.1) is 0 Å². The van der Waals surface area contributed by atoms with Crippen LogP contribution in [0.2, 0.25) is 0 Å². The summed E-state index contributed by atoms with van der Waals surface area (Å²) in [5, 5.41) is 4.87. The number of aliphatic imine (C=N–C) groups is 1. The van der Waals surface area contributed by atoms with Crippen molar-refractivity contribution >= 4 is 33.0 Å². The largest absolute Gasteiger partial charge is 0.256 e. The molecule has 2 aliphatic heterocycles. The Morgan fingerprint density at radius 3 is 2.84 bits per heavy atom. The lowest BCUT2D eigenvalue weighted by Crippen LogP contribution is -2.15. The number of nitrogens with one attached hydrogen (secondary N) is 1. The number of hydrogen-bond acceptors (Lipinski definition) is 6. The minimum absolute atomic E-state index is 0.0550. The molecule has 1 N–H and O–H groups in total. The van der Waals surface area contributed by atoms with Gasteiger partial charge in [0.15, 0.2) is 15.0 Å². The Kier molecular flexibility index (Phi) is 3.32. The Labute approximate surface area is 116 Å². The van der Waals surface area contributed by atoms with Crippen LogP contribution in [-0.4, -0.2) is 42.6 Å². The van der Waals surface area contributed by atoms with Crippen molar-refractivity contribution in [2.75, 3.05) is 11.5 Å². The highest BCUT2D eigenvalue weighted by molar-refractivity contribution is 8.15. The molecule has 3 rings (SSSR count). The molecule has 2 heterocycles. The Bertz CT molecular complexity index is 626. The molecule has 0 spiro atoms. The van der Waals surface area contributed by atoms with Crippen molar-refractivity contribution in [3.8, 4) is 0 Å². The van der Waals surface area contributed by atoms with Gasteiger partial charge in [-0.2, -0.15) is 5.10 Å². The summed E-state index contributed by atoms with van der Waals surface area (Å²) in [6.45, 7) is 0. The topological polar surface area (TPSA) is 70.9 Å². The van der Waals surface area contributed by atoms with Gasteiger partial charge >= 0.3 is 0 Å². The van der Waals surface area contributed by atoms with Crippen LogP contribution in [0.1, 0.15) is 5.56 Å². The van der Waals surface area contributed by atoms with Crippen molar-refractivity contribution in [2.24, 2.45) is 10.1 Å². The van der Waals surface area contributed by atoms with Gasteiger partial charge in [-0.1, -0.05) is 42.1 Å². The minimum atomic E-state index is -2.89. The van der Waals surface area contributed by atoms with E-state index in [9.17, 15) is 8.42 Å². The van der Waals surface area contributed by atoms with Crippen molar-refractivity contribution < 1.29 is 8.42 Å². The van der Waals surface area contributed by atoms with Crippen molar-refractivity contribution in [1.29, 1.82) is 0 Å². The molecule has 5 nitrogen and oxygen atoms in total. The molecule has 0 aromatic heterocycles. The fourth-order valence-corrected chi connectivity index (χ4v) is 5.72. The van der Waals surface area contributed by atoms with E-state index >= 15 is 0 Å². The van der Waals surface area contributed by atoms with Gasteiger partial charge in [0.25, 0.3) is 0 Å². The first-order valence-corrected chi connectivity index (χ1v) is 8.61. The number of amidine groups is 1. The first-order valence-electron chi connectivity index (χ1n) is 5.91. The summed E-state index contributed by atoms with van der Waals surface area (Å²) >= 11 is 1.46. The number of rotatable bonds is 2.